The molecule has 0 aliphatic carbocycles. The molecule has 0 bridgehead atoms. The summed E-state index contributed by atoms with van der Waals surface area (Å²) >= 11 is 0. The second-order valence-electron chi connectivity index (χ2n) is 3.80. The lowest BCUT2D eigenvalue weighted by Crippen LogP contribution is -2.29. The molecule has 2 aliphatic heterocycles. The van der Waals surface area contributed by atoms with E-state index in [1.54, 1.807) is 0 Å². The molecular weight excluding hydrogens is 180 g/mol. The smallest absolute Gasteiger partial charge is 0.162 e. The van der Waals surface area contributed by atoms with E-state index in [9.17, 15) is 0 Å². The minimum absolute atomic E-state index is 0.189. The Kier molecular flexibility index (Phi) is 1.99. The Morgan fingerprint density at radius 1 is 1.43 bits per heavy atom. The Balaban J connectivity index is 1.93. The lowest BCUT2D eigenvalue weighted by molar-refractivity contribution is 0.101. The van der Waals surface area contributed by atoms with Gasteiger partial charge in [-0.3, -0.25) is 0 Å². The number of hydrogen-bond acceptors (Lipinski definition) is 4. The molecule has 0 aromatic carbocycles. The lowest BCUT2D eigenvalue weighted by atomic mass is 10.2. The number of hydrogen-bond donors (Lipinski definition) is 1. The van der Waals surface area contributed by atoms with Crippen LogP contribution >= 0.6 is 0 Å². The highest BCUT2D eigenvalue weighted by Gasteiger charge is 2.25. The fourth-order valence-corrected chi connectivity index (χ4v) is 2.13. The summed E-state index contributed by atoms with van der Waals surface area (Å²) in [4.78, 5) is 0. The molecular formula is C9H14N4O. The molecule has 5 nitrogen and oxygen atoms in total. The predicted molar refractivity (Wildman–Crippen MR) is 49.7 cm³/mol. The van der Waals surface area contributed by atoms with Crippen molar-refractivity contribution in [2.45, 2.75) is 32.0 Å². The molecule has 3 heterocycles. The lowest BCUT2D eigenvalue weighted by Gasteiger charge is -2.17. The Bertz CT molecular complexity index is 330. The quantitative estimate of drug-likeness (QED) is 0.695. The van der Waals surface area contributed by atoms with Gasteiger partial charge in [0.2, 0.25) is 0 Å². The van der Waals surface area contributed by atoms with Crippen LogP contribution in [0.1, 0.15) is 30.6 Å². The van der Waals surface area contributed by atoms with Crippen LogP contribution in [0, 0.1) is 0 Å². The predicted octanol–water partition coefficient (Wildman–Crippen LogP) is 0.233. The molecule has 5 heteroatoms. The Hall–Kier alpha value is -0.940. The average molecular weight is 194 g/mol. The van der Waals surface area contributed by atoms with Gasteiger partial charge in [0.15, 0.2) is 5.82 Å². The highest BCUT2D eigenvalue weighted by Crippen LogP contribution is 2.27. The fraction of sp³-hybridized carbons (Fsp3) is 0.778. The van der Waals surface area contributed by atoms with Gasteiger partial charge in [-0.1, -0.05) is 0 Å². The van der Waals surface area contributed by atoms with E-state index < -0.39 is 0 Å². The zero-order chi connectivity index (χ0) is 9.38. The topological polar surface area (TPSA) is 52.0 Å². The third-order valence-electron chi connectivity index (χ3n) is 2.87. The Morgan fingerprint density at radius 2 is 2.43 bits per heavy atom. The van der Waals surface area contributed by atoms with E-state index in [1.807, 2.05) is 0 Å². The van der Waals surface area contributed by atoms with Crippen molar-refractivity contribution >= 4 is 0 Å². The van der Waals surface area contributed by atoms with Crippen molar-refractivity contribution in [1.29, 1.82) is 0 Å². The Labute approximate surface area is 82.5 Å². The van der Waals surface area contributed by atoms with Crippen molar-refractivity contribution in [3.63, 3.8) is 0 Å². The van der Waals surface area contributed by atoms with Gasteiger partial charge in [-0.2, -0.15) is 0 Å². The molecule has 76 valence electrons. The highest BCUT2D eigenvalue weighted by molar-refractivity contribution is 5.02. The minimum atomic E-state index is 0.189. The largest absolute Gasteiger partial charge is 0.370 e. The first-order valence-electron chi connectivity index (χ1n) is 5.19. The molecule has 0 unspecified atom stereocenters. The van der Waals surface area contributed by atoms with E-state index >= 15 is 0 Å². The van der Waals surface area contributed by atoms with Crippen LogP contribution in [0.5, 0.6) is 0 Å². The summed E-state index contributed by atoms with van der Waals surface area (Å²) in [6.07, 6.45) is 2.42. The normalized spacial score (nSPS) is 26.4. The van der Waals surface area contributed by atoms with E-state index in [4.69, 9.17) is 4.74 Å². The van der Waals surface area contributed by atoms with E-state index in [2.05, 4.69) is 20.1 Å². The third kappa shape index (κ3) is 1.24. The fourth-order valence-electron chi connectivity index (χ4n) is 2.13. The number of fused-ring (bicyclic) bond motifs is 1. The number of nitrogens with one attached hydrogen (secondary N) is 1. The molecule has 1 aromatic heterocycles. The van der Waals surface area contributed by atoms with Gasteiger partial charge in [0.05, 0.1) is 6.54 Å². The van der Waals surface area contributed by atoms with Gasteiger partial charge in [0, 0.05) is 19.7 Å². The average Bonchev–Trinajstić information content (AvgIpc) is 2.85. The molecule has 0 amide bonds. The van der Waals surface area contributed by atoms with E-state index in [0.717, 1.165) is 50.7 Å². The molecule has 3 rings (SSSR count). The van der Waals surface area contributed by atoms with Gasteiger partial charge in [0.25, 0.3) is 0 Å². The summed E-state index contributed by atoms with van der Waals surface area (Å²) in [5, 5.41) is 11.7. The molecule has 1 N–H and O–H groups in total. The molecule has 1 atom stereocenters. The second kappa shape index (κ2) is 3.33. The zero-order valence-electron chi connectivity index (χ0n) is 8.07. The zero-order valence-corrected chi connectivity index (χ0v) is 8.07. The summed E-state index contributed by atoms with van der Waals surface area (Å²) in [6, 6.07) is 0. The van der Waals surface area contributed by atoms with E-state index in [-0.39, 0.29) is 6.10 Å². The maximum Gasteiger partial charge on any atom is 0.162 e. The summed E-state index contributed by atoms with van der Waals surface area (Å²) in [6.45, 7) is 3.67. The van der Waals surface area contributed by atoms with Crippen molar-refractivity contribution in [3.8, 4) is 0 Å². The summed E-state index contributed by atoms with van der Waals surface area (Å²) in [7, 11) is 0. The second-order valence-corrected chi connectivity index (χ2v) is 3.80. The van der Waals surface area contributed by atoms with Gasteiger partial charge in [0.1, 0.15) is 11.9 Å². The molecule has 1 fully saturated rings. The first-order valence-corrected chi connectivity index (χ1v) is 5.19. The van der Waals surface area contributed by atoms with Crippen LogP contribution in [0.3, 0.4) is 0 Å². The van der Waals surface area contributed by atoms with Crippen LogP contribution in [0.25, 0.3) is 0 Å². The summed E-state index contributed by atoms with van der Waals surface area (Å²) in [5.74, 6) is 2.07. The highest BCUT2D eigenvalue weighted by atomic mass is 16.5. The van der Waals surface area contributed by atoms with Crippen molar-refractivity contribution in [2.75, 3.05) is 13.2 Å². The molecule has 1 saturated heterocycles. The molecule has 1 aromatic rings. The van der Waals surface area contributed by atoms with Crippen LogP contribution in [0.2, 0.25) is 0 Å². The maximum atomic E-state index is 5.62. The van der Waals surface area contributed by atoms with Gasteiger partial charge >= 0.3 is 0 Å². The van der Waals surface area contributed by atoms with Crippen LogP contribution in [0.4, 0.5) is 0 Å². The summed E-state index contributed by atoms with van der Waals surface area (Å²) < 4.78 is 7.82. The molecule has 0 radical (unpaired) electrons. The number of nitrogens with zero attached hydrogens (tertiary/aromatic N) is 3. The van der Waals surface area contributed by atoms with Crippen LogP contribution in [0.15, 0.2) is 0 Å². The van der Waals surface area contributed by atoms with Crippen LogP contribution in [-0.4, -0.2) is 27.9 Å². The summed E-state index contributed by atoms with van der Waals surface area (Å²) in [5.41, 5.74) is 0. The molecule has 2 aliphatic rings. The standard InChI is InChI=1S/C9H14N4O/c1-2-7(14-5-1)9-12-11-8-6-10-3-4-13(8)9/h7,10H,1-6H2/t7-/m0/s1. The first kappa shape index (κ1) is 8.38. The number of rotatable bonds is 1. The van der Waals surface area contributed by atoms with Crippen molar-refractivity contribution in [2.24, 2.45) is 0 Å². The van der Waals surface area contributed by atoms with Crippen LogP contribution in [-0.2, 0) is 17.8 Å². The van der Waals surface area contributed by atoms with E-state index in [1.165, 1.54) is 0 Å². The molecule has 14 heavy (non-hydrogen) atoms. The monoisotopic (exact) mass is 194 g/mol. The number of ether oxygens (including phenoxy) is 1. The molecule has 0 saturated carbocycles. The molecule has 0 spiro atoms. The SMILES string of the molecule is C1CO[C@H](c2nnc3n2CCNC3)C1. The van der Waals surface area contributed by atoms with Gasteiger partial charge in [-0.05, 0) is 12.8 Å². The van der Waals surface area contributed by atoms with Gasteiger partial charge in [-0.15, -0.1) is 10.2 Å². The van der Waals surface area contributed by atoms with Crippen molar-refractivity contribution in [1.82, 2.24) is 20.1 Å². The van der Waals surface area contributed by atoms with Gasteiger partial charge in [-0.25, -0.2) is 0 Å². The van der Waals surface area contributed by atoms with Crippen molar-refractivity contribution in [3.05, 3.63) is 11.6 Å². The Morgan fingerprint density at radius 3 is 3.29 bits per heavy atom. The van der Waals surface area contributed by atoms with Crippen molar-refractivity contribution < 1.29 is 4.74 Å². The minimum Gasteiger partial charge on any atom is -0.370 e. The van der Waals surface area contributed by atoms with E-state index in [0.29, 0.717) is 0 Å². The maximum absolute atomic E-state index is 5.62. The number of aromatic nitrogens is 3. The van der Waals surface area contributed by atoms with Crippen LogP contribution < -0.4 is 5.32 Å². The first-order chi connectivity index (χ1) is 6.95. The third-order valence-corrected chi connectivity index (χ3v) is 2.87. The van der Waals surface area contributed by atoms with Gasteiger partial charge < -0.3 is 14.6 Å².